The predicted molar refractivity (Wildman–Crippen MR) is 381 cm³/mol. The number of carbonyl (C=O) groups is 4. The summed E-state index contributed by atoms with van der Waals surface area (Å²) >= 11 is 0. The van der Waals surface area contributed by atoms with Crippen LogP contribution in [-0.2, 0) is 65.4 Å². The molecule has 6 atom stereocenters. The van der Waals surface area contributed by atoms with Crippen LogP contribution in [0.3, 0.4) is 0 Å². The first kappa shape index (κ1) is 91.5. The number of hydrogen-bond donors (Lipinski definition) is 3. The first-order valence-corrected chi connectivity index (χ1v) is 41.2. The molecule has 3 N–H and O–H groups in total. The van der Waals surface area contributed by atoms with Gasteiger partial charge in [-0.25, -0.2) is 9.13 Å². The molecule has 0 bridgehead atoms. The Morgan fingerprint density at radius 1 is 0.351 bits per heavy atom. The van der Waals surface area contributed by atoms with Crippen LogP contribution in [0.15, 0.2) is 24.3 Å². The summed E-state index contributed by atoms with van der Waals surface area (Å²) in [5, 5.41) is 10.6. The molecular formula is C75H142O17P2. The Hall–Kier alpha value is -2.46. The second-order valence-electron chi connectivity index (χ2n) is 27.5. The molecule has 0 aromatic heterocycles. The van der Waals surface area contributed by atoms with E-state index in [1.165, 1.54) is 148 Å². The summed E-state index contributed by atoms with van der Waals surface area (Å²) in [5.41, 5.74) is 0. The lowest BCUT2D eigenvalue weighted by molar-refractivity contribution is -0.161. The molecular weight excluding hydrogens is 1230 g/mol. The van der Waals surface area contributed by atoms with E-state index in [9.17, 15) is 43.2 Å². The zero-order valence-corrected chi connectivity index (χ0v) is 62.7. The Bertz CT molecular complexity index is 1930. The SMILES string of the molecule is CCCCCC/C=C\C=C/CCCCCCCC(=O)O[C@H](COC(=O)CCCCCCCCCCCCCCCC(C)C)COP(=O)(O)OC[C@@H](O)COP(=O)(O)OC[C@@H](COC(=O)CCCCCCCCC(C)C)OC(=O)CCCCCCCCCCCCC(C)CC. The lowest BCUT2D eigenvalue weighted by Gasteiger charge is -2.21. The van der Waals surface area contributed by atoms with E-state index in [1.54, 1.807) is 0 Å². The second kappa shape index (κ2) is 65.2. The molecule has 0 spiro atoms. The number of ether oxygens (including phenoxy) is 4. The molecule has 0 aliphatic rings. The van der Waals surface area contributed by atoms with E-state index in [4.69, 9.17) is 37.0 Å². The second-order valence-corrected chi connectivity index (χ2v) is 30.5. The van der Waals surface area contributed by atoms with Crippen molar-refractivity contribution in [3.63, 3.8) is 0 Å². The molecule has 0 rings (SSSR count). The van der Waals surface area contributed by atoms with Crippen LogP contribution in [0.1, 0.15) is 357 Å². The van der Waals surface area contributed by atoms with Crippen molar-refractivity contribution in [3.05, 3.63) is 24.3 Å². The fourth-order valence-electron chi connectivity index (χ4n) is 10.9. The number of allylic oxidation sites excluding steroid dienone is 4. The fourth-order valence-corrected chi connectivity index (χ4v) is 12.4. The van der Waals surface area contributed by atoms with Gasteiger partial charge in [-0.15, -0.1) is 0 Å². The van der Waals surface area contributed by atoms with Gasteiger partial charge in [0.15, 0.2) is 12.2 Å². The number of rotatable bonds is 71. The highest BCUT2D eigenvalue weighted by Crippen LogP contribution is 2.45. The largest absolute Gasteiger partial charge is 0.472 e. The van der Waals surface area contributed by atoms with E-state index in [2.05, 4.69) is 72.8 Å². The van der Waals surface area contributed by atoms with Crippen molar-refractivity contribution in [1.29, 1.82) is 0 Å². The van der Waals surface area contributed by atoms with Crippen molar-refractivity contribution < 1.29 is 80.2 Å². The van der Waals surface area contributed by atoms with Crippen molar-refractivity contribution in [2.24, 2.45) is 17.8 Å². The van der Waals surface area contributed by atoms with E-state index < -0.39 is 97.5 Å². The van der Waals surface area contributed by atoms with Gasteiger partial charge in [0.05, 0.1) is 26.4 Å². The van der Waals surface area contributed by atoms with Crippen LogP contribution in [0.4, 0.5) is 0 Å². The van der Waals surface area contributed by atoms with E-state index >= 15 is 0 Å². The quantitative estimate of drug-likeness (QED) is 0.0169. The molecule has 0 aromatic carbocycles. The average molecular weight is 1380 g/mol. The summed E-state index contributed by atoms with van der Waals surface area (Å²) in [6.07, 6.45) is 53.6. The number of aliphatic hydroxyl groups is 1. The molecule has 19 heteroatoms. The Morgan fingerprint density at radius 2 is 0.628 bits per heavy atom. The highest BCUT2D eigenvalue weighted by atomic mass is 31.2. The van der Waals surface area contributed by atoms with Crippen LogP contribution in [-0.4, -0.2) is 96.7 Å². The predicted octanol–water partition coefficient (Wildman–Crippen LogP) is 21.3. The molecule has 0 amide bonds. The molecule has 0 aliphatic carbocycles. The minimum absolute atomic E-state index is 0.0847. The Kier molecular flexibility index (Phi) is 63.5. The van der Waals surface area contributed by atoms with E-state index in [1.807, 2.05) is 0 Å². The Labute approximate surface area is 573 Å². The summed E-state index contributed by atoms with van der Waals surface area (Å²) in [6, 6.07) is 0. The zero-order valence-electron chi connectivity index (χ0n) is 60.9. The third kappa shape index (κ3) is 66.8. The number of unbranched alkanes of at least 4 members (excludes halogenated alkanes) is 35. The van der Waals surface area contributed by atoms with Gasteiger partial charge in [0.25, 0.3) is 0 Å². The summed E-state index contributed by atoms with van der Waals surface area (Å²) in [5.74, 6) is 0.116. The third-order valence-corrected chi connectivity index (χ3v) is 19.0. The molecule has 0 saturated heterocycles. The van der Waals surface area contributed by atoms with E-state index in [0.717, 1.165) is 121 Å². The molecule has 0 heterocycles. The van der Waals surface area contributed by atoms with E-state index in [-0.39, 0.29) is 25.7 Å². The summed E-state index contributed by atoms with van der Waals surface area (Å²) < 4.78 is 68.4. The minimum atomic E-state index is -4.97. The van der Waals surface area contributed by atoms with Crippen molar-refractivity contribution in [2.45, 2.75) is 375 Å². The topological polar surface area (TPSA) is 237 Å². The Morgan fingerprint density at radius 3 is 0.947 bits per heavy atom. The highest BCUT2D eigenvalue weighted by Gasteiger charge is 2.30. The van der Waals surface area contributed by atoms with Gasteiger partial charge in [0.1, 0.15) is 19.3 Å². The van der Waals surface area contributed by atoms with Gasteiger partial charge in [-0.3, -0.25) is 37.3 Å². The summed E-state index contributed by atoms with van der Waals surface area (Å²) in [6.45, 7) is 11.8. The smallest absolute Gasteiger partial charge is 0.462 e. The van der Waals surface area contributed by atoms with Crippen LogP contribution in [0.5, 0.6) is 0 Å². The first-order chi connectivity index (χ1) is 45.3. The van der Waals surface area contributed by atoms with Crippen molar-refractivity contribution in [1.82, 2.24) is 0 Å². The Balaban J connectivity index is 5.28. The first-order valence-electron chi connectivity index (χ1n) is 38.2. The number of phosphoric acid groups is 2. The van der Waals surface area contributed by atoms with Crippen LogP contribution >= 0.6 is 15.6 Å². The van der Waals surface area contributed by atoms with E-state index in [0.29, 0.717) is 31.6 Å². The van der Waals surface area contributed by atoms with Gasteiger partial charge in [0.2, 0.25) is 0 Å². The number of esters is 4. The number of carbonyl (C=O) groups excluding carboxylic acids is 4. The summed E-state index contributed by atoms with van der Waals surface area (Å²) in [7, 11) is -9.92. The van der Waals surface area contributed by atoms with Gasteiger partial charge < -0.3 is 33.8 Å². The molecule has 0 radical (unpaired) electrons. The lowest BCUT2D eigenvalue weighted by Crippen LogP contribution is -2.30. The summed E-state index contributed by atoms with van der Waals surface area (Å²) in [4.78, 5) is 72.7. The van der Waals surface area contributed by atoms with Gasteiger partial charge in [0, 0.05) is 25.7 Å². The normalized spacial score (nSPS) is 14.6. The third-order valence-electron chi connectivity index (χ3n) is 17.1. The van der Waals surface area contributed by atoms with Crippen LogP contribution in [0.2, 0.25) is 0 Å². The van der Waals surface area contributed by atoms with Gasteiger partial charge >= 0.3 is 39.5 Å². The molecule has 3 unspecified atom stereocenters. The van der Waals surface area contributed by atoms with Gasteiger partial charge in [-0.05, 0) is 69.1 Å². The number of hydrogen-bond acceptors (Lipinski definition) is 15. The maximum atomic E-state index is 13.1. The van der Waals surface area contributed by atoms with Crippen molar-refractivity contribution in [2.75, 3.05) is 39.6 Å². The minimum Gasteiger partial charge on any atom is -0.462 e. The monoisotopic (exact) mass is 1380 g/mol. The van der Waals surface area contributed by atoms with Gasteiger partial charge in [-0.2, -0.15) is 0 Å². The fraction of sp³-hybridized carbons (Fsp3) is 0.893. The van der Waals surface area contributed by atoms with Crippen molar-refractivity contribution in [3.8, 4) is 0 Å². The highest BCUT2D eigenvalue weighted by molar-refractivity contribution is 7.47. The molecule has 0 aromatic rings. The zero-order chi connectivity index (χ0) is 69.4. The van der Waals surface area contributed by atoms with Crippen LogP contribution < -0.4 is 0 Å². The van der Waals surface area contributed by atoms with Crippen LogP contribution in [0.25, 0.3) is 0 Å². The van der Waals surface area contributed by atoms with Gasteiger partial charge in [-0.1, -0.05) is 304 Å². The average Bonchev–Trinajstić information content (AvgIpc) is 1.82. The number of aliphatic hydroxyl groups excluding tert-OH is 1. The molecule has 0 saturated carbocycles. The maximum absolute atomic E-state index is 13.1. The van der Waals surface area contributed by atoms with Crippen LogP contribution in [0, 0.1) is 17.8 Å². The standard InChI is InChI=1S/C75H142O17P2/c1-8-10-11-12-13-14-15-16-17-20-24-30-35-44-51-58-74(79)91-70(62-85-72(77)56-49-42-34-29-23-21-18-19-22-27-32-39-46-53-66(3)4)64-89-93(81,82)87-60-69(76)61-88-94(83,84)90-65-71(63-86-73(78)57-50-43-38-37-40-47-54-67(5)6)92-75(80)59-52-45-36-31-26-25-28-33-41-48-55-68(7)9-2/h14-17,66-71,76H,8-13,18-65H2,1-7H3,(H,81,82)(H,83,84)/b15-14-,17-16-/t68?,69-,70-,71-/m1/s1. The molecule has 94 heavy (non-hydrogen) atoms. The molecule has 0 aliphatic heterocycles. The maximum Gasteiger partial charge on any atom is 0.472 e. The number of phosphoric ester groups is 2. The van der Waals surface area contributed by atoms with Crippen molar-refractivity contribution >= 4 is 39.5 Å². The molecule has 0 fully saturated rings. The lowest BCUT2D eigenvalue weighted by atomic mass is 9.99. The molecule has 17 nitrogen and oxygen atoms in total. The molecule has 554 valence electrons.